The minimum atomic E-state index is -0.968. The Bertz CT molecular complexity index is 370. The van der Waals surface area contributed by atoms with Crippen LogP contribution in [0.4, 0.5) is 0 Å². The van der Waals surface area contributed by atoms with Crippen molar-refractivity contribution in [2.75, 3.05) is 6.54 Å². The first-order valence-electron chi connectivity index (χ1n) is 9.99. The van der Waals surface area contributed by atoms with E-state index >= 15 is 0 Å². The highest BCUT2D eigenvalue weighted by atomic mass is 16.4. The number of carboxylic acids is 1. The third-order valence-electron chi connectivity index (χ3n) is 4.25. The molecule has 5 heteroatoms. The molecule has 0 bridgehead atoms. The first kappa shape index (κ1) is 23.6. The standard InChI is InChI=1S/C20H38N2O3/c1-2-3-4-5-6-7-8-9-10-11-12-16-19(23)22-18(20(24)25)15-13-14-17-21/h9-10,18H,2-8,11-17,21H2,1H3,(H,22,23)(H,24,25)/t18-/m0/s1. The van der Waals surface area contributed by atoms with Crippen molar-refractivity contribution in [2.45, 2.75) is 96.4 Å². The summed E-state index contributed by atoms with van der Waals surface area (Å²) < 4.78 is 0. The Morgan fingerprint density at radius 2 is 1.60 bits per heavy atom. The number of hydrogen-bond acceptors (Lipinski definition) is 3. The van der Waals surface area contributed by atoms with Crippen LogP contribution in [0.5, 0.6) is 0 Å². The first-order valence-corrected chi connectivity index (χ1v) is 9.99. The number of carboxylic acid groups (broad SMARTS) is 1. The van der Waals surface area contributed by atoms with E-state index in [1.165, 1.54) is 38.5 Å². The fourth-order valence-corrected chi connectivity index (χ4v) is 2.68. The van der Waals surface area contributed by atoms with Gasteiger partial charge in [-0.05, 0) is 51.5 Å². The molecule has 0 aliphatic carbocycles. The number of amides is 1. The molecule has 0 saturated heterocycles. The van der Waals surface area contributed by atoms with Crippen molar-refractivity contribution in [3.8, 4) is 0 Å². The maximum absolute atomic E-state index is 11.8. The average Bonchev–Trinajstić information content (AvgIpc) is 2.58. The van der Waals surface area contributed by atoms with E-state index in [0.717, 1.165) is 32.1 Å². The zero-order chi connectivity index (χ0) is 18.8. The number of aliphatic carboxylic acids is 1. The Hall–Kier alpha value is -1.36. The average molecular weight is 355 g/mol. The molecule has 0 rings (SSSR count). The number of nitrogens with two attached hydrogens (primary N) is 1. The van der Waals surface area contributed by atoms with E-state index in [9.17, 15) is 9.59 Å². The number of carbonyl (C=O) groups excluding carboxylic acids is 1. The molecule has 0 fully saturated rings. The van der Waals surface area contributed by atoms with Gasteiger partial charge in [0.1, 0.15) is 6.04 Å². The van der Waals surface area contributed by atoms with Crippen LogP contribution in [0, 0.1) is 0 Å². The van der Waals surface area contributed by atoms with Gasteiger partial charge in [0, 0.05) is 6.42 Å². The van der Waals surface area contributed by atoms with Gasteiger partial charge in [-0.25, -0.2) is 4.79 Å². The van der Waals surface area contributed by atoms with Gasteiger partial charge >= 0.3 is 5.97 Å². The predicted molar refractivity (Wildman–Crippen MR) is 103 cm³/mol. The van der Waals surface area contributed by atoms with E-state index in [0.29, 0.717) is 19.4 Å². The molecular formula is C20H38N2O3. The molecule has 0 aromatic heterocycles. The fourth-order valence-electron chi connectivity index (χ4n) is 2.68. The molecule has 0 unspecified atom stereocenters. The summed E-state index contributed by atoms with van der Waals surface area (Å²) in [4.78, 5) is 23.0. The summed E-state index contributed by atoms with van der Waals surface area (Å²) in [6.07, 6.45) is 17.2. The molecule has 1 amide bonds. The summed E-state index contributed by atoms with van der Waals surface area (Å²) in [7, 11) is 0. The second-order valence-electron chi connectivity index (χ2n) is 6.66. The lowest BCUT2D eigenvalue weighted by atomic mass is 10.1. The van der Waals surface area contributed by atoms with Gasteiger partial charge < -0.3 is 16.2 Å². The molecule has 0 heterocycles. The lowest BCUT2D eigenvalue weighted by molar-refractivity contribution is -0.142. The second kappa shape index (κ2) is 17.5. The van der Waals surface area contributed by atoms with Gasteiger partial charge in [-0.1, -0.05) is 51.2 Å². The van der Waals surface area contributed by atoms with Crippen LogP contribution in [-0.2, 0) is 9.59 Å². The Balaban J connectivity index is 3.66. The van der Waals surface area contributed by atoms with E-state index < -0.39 is 12.0 Å². The van der Waals surface area contributed by atoms with E-state index in [2.05, 4.69) is 24.4 Å². The summed E-state index contributed by atoms with van der Waals surface area (Å²) in [6, 6.07) is -0.790. The van der Waals surface area contributed by atoms with Crippen LogP contribution < -0.4 is 11.1 Å². The fraction of sp³-hybridized carbons (Fsp3) is 0.800. The number of unbranched alkanes of at least 4 members (excludes halogenated alkanes) is 8. The molecule has 25 heavy (non-hydrogen) atoms. The normalized spacial score (nSPS) is 12.4. The quantitative estimate of drug-likeness (QED) is 0.270. The molecule has 4 N–H and O–H groups in total. The van der Waals surface area contributed by atoms with Crippen LogP contribution in [0.25, 0.3) is 0 Å². The molecule has 5 nitrogen and oxygen atoms in total. The topological polar surface area (TPSA) is 92.4 Å². The lowest BCUT2D eigenvalue weighted by Crippen LogP contribution is -2.40. The predicted octanol–water partition coefficient (Wildman–Crippen LogP) is 4.16. The Morgan fingerprint density at radius 3 is 2.24 bits per heavy atom. The SMILES string of the molecule is CCCCCCCCC=CCCCC(=O)N[C@@H](CCCCN)C(=O)O. The Labute approximate surface area is 153 Å². The van der Waals surface area contributed by atoms with Crippen molar-refractivity contribution in [1.82, 2.24) is 5.32 Å². The summed E-state index contributed by atoms with van der Waals surface area (Å²) in [6.45, 7) is 2.78. The summed E-state index contributed by atoms with van der Waals surface area (Å²) >= 11 is 0. The molecule has 146 valence electrons. The highest BCUT2D eigenvalue weighted by molar-refractivity contribution is 5.83. The third kappa shape index (κ3) is 15.9. The van der Waals surface area contributed by atoms with Crippen LogP contribution in [0.1, 0.15) is 90.4 Å². The van der Waals surface area contributed by atoms with E-state index in [-0.39, 0.29) is 5.91 Å². The van der Waals surface area contributed by atoms with Crippen LogP contribution in [-0.4, -0.2) is 29.6 Å². The van der Waals surface area contributed by atoms with Gasteiger partial charge in [-0.15, -0.1) is 0 Å². The number of allylic oxidation sites excluding steroid dienone is 2. The third-order valence-corrected chi connectivity index (χ3v) is 4.25. The monoisotopic (exact) mass is 354 g/mol. The molecule has 0 spiro atoms. The summed E-state index contributed by atoms with van der Waals surface area (Å²) in [5, 5.41) is 11.7. The Kier molecular flexibility index (Phi) is 16.5. The summed E-state index contributed by atoms with van der Waals surface area (Å²) in [5.74, 6) is -1.14. The number of carbonyl (C=O) groups is 2. The zero-order valence-electron chi connectivity index (χ0n) is 16.0. The molecule has 0 aliphatic rings. The van der Waals surface area contributed by atoms with Gasteiger partial charge in [0.25, 0.3) is 0 Å². The van der Waals surface area contributed by atoms with Gasteiger partial charge in [-0.3, -0.25) is 4.79 Å². The maximum atomic E-state index is 11.8. The van der Waals surface area contributed by atoms with Crippen LogP contribution >= 0.6 is 0 Å². The lowest BCUT2D eigenvalue weighted by Gasteiger charge is -2.14. The van der Waals surface area contributed by atoms with Crippen molar-refractivity contribution >= 4 is 11.9 Å². The molecule has 0 aromatic carbocycles. The van der Waals surface area contributed by atoms with Gasteiger partial charge in [0.15, 0.2) is 0 Å². The van der Waals surface area contributed by atoms with E-state index in [1.807, 2.05) is 0 Å². The minimum absolute atomic E-state index is 0.176. The highest BCUT2D eigenvalue weighted by Gasteiger charge is 2.18. The first-order chi connectivity index (χ1) is 12.1. The molecule has 0 saturated carbocycles. The smallest absolute Gasteiger partial charge is 0.326 e. The zero-order valence-corrected chi connectivity index (χ0v) is 16.0. The molecule has 0 aromatic rings. The van der Waals surface area contributed by atoms with Crippen LogP contribution in [0.15, 0.2) is 12.2 Å². The summed E-state index contributed by atoms with van der Waals surface area (Å²) in [5.41, 5.74) is 5.40. The number of rotatable bonds is 17. The van der Waals surface area contributed by atoms with Crippen molar-refractivity contribution in [2.24, 2.45) is 5.73 Å². The van der Waals surface area contributed by atoms with Gasteiger partial charge in [0.05, 0.1) is 0 Å². The second-order valence-corrected chi connectivity index (χ2v) is 6.66. The van der Waals surface area contributed by atoms with Crippen LogP contribution in [0.3, 0.4) is 0 Å². The molecule has 1 atom stereocenters. The van der Waals surface area contributed by atoms with E-state index in [1.54, 1.807) is 0 Å². The van der Waals surface area contributed by atoms with Crippen molar-refractivity contribution in [3.63, 3.8) is 0 Å². The van der Waals surface area contributed by atoms with Gasteiger partial charge in [-0.2, -0.15) is 0 Å². The van der Waals surface area contributed by atoms with Crippen molar-refractivity contribution in [1.29, 1.82) is 0 Å². The number of hydrogen-bond donors (Lipinski definition) is 3. The molecule has 0 aliphatic heterocycles. The Morgan fingerprint density at radius 1 is 0.960 bits per heavy atom. The van der Waals surface area contributed by atoms with Crippen molar-refractivity contribution in [3.05, 3.63) is 12.2 Å². The molecular weight excluding hydrogens is 316 g/mol. The largest absolute Gasteiger partial charge is 0.480 e. The molecule has 0 radical (unpaired) electrons. The number of nitrogens with one attached hydrogen (secondary N) is 1. The maximum Gasteiger partial charge on any atom is 0.326 e. The minimum Gasteiger partial charge on any atom is -0.480 e. The van der Waals surface area contributed by atoms with Gasteiger partial charge in [0.2, 0.25) is 5.91 Å². The van der Waals surface area contributed by atoms with Crippen molar-refractivity contribution < 1.29 is 14.7 Å². The van der Waals surface area contributed by atoms with Crippen LogP contribution in [0.2, 0.25) is 0 Å². The highest BCUT2D eigenvalue weighted by Crippen LogP contribution is 2.08. The van der Waals surface area contributed by atoms with E-state index in [4.69, 9.17) is 10.8 Å².